The minimum atomic E-state index is -2.64. The highest BCUT2D eigenvalue weighted by Crippen LogP contribution is 2.40. The van der Waals surface area contributed by atoms with Crippen molar-refractivity contribution in [3.63, 3.8) is 0 Å². The number of benzene rings is 7. The molecule has 0 aliphatic carbocycles. The average Bonchev–Trinajstić information content (AvgIpc) is 3.77. The Balaban J connectivity index is 1.18. The summed E-state index contributed by atoms with van der Waals surface area (Å²) in [7, 11) is -2.64. The molecule has 1 atom stereocenters. The van der Waals surface area contributed by atoms with Gasteiger partial charge in [-0.1, -0.05) is 60.7 Å². The number of fused-ring (bicyclic) bond motifs is 12. The number of rotatable bonds is 3. The highest BCUT2D eigenvalue weighted by molar-refractivity contribution is 7.62. The lowest BCUT2D eigenvalue weighted by Crippen LogP contribution is -2.16. The van der Waals surface area contributed by atoms with Gasteiger partial charge in [0, 0.05) is 37.7 Å². The molecule has 0 bridgehead atoms. The molecule has 0 amide bonds. The lowest BCUT2D eigenvalue weighted by molar-refractivity contribution is 0.598. The maximum atomic E-state index is 15.5. The summed E-state index contributed by atoms with van der Waals surface area (Å²) >= 11 is 0. The largest absolute Gasteiger partial charge is 0.352 e. The Morgan fingerprint density at radius 1 is 0.481 bits per heavy atom. The van der Waals surface area contributed by atoms with Gasteiger partial charge in [0.25, 0.3) is 0 Å². The summed E-state index contributed by atoms with van der Waals surface area (Å²) in [6.45, 7) is 8.43. The number of hydrogen-bond donors (Lipinski definition) is 2. The van der Waals surface area contributed by atoms with Crippen molar-refractivity contribution in [3.05, 3.63) is 131 Å². The van der Waals surface area contributed by atoms with Gasteiger partial charge in [0.2, 0.25) is 0 Å². The van der Waals surface area contributed by atoms with Crippen molar-refractivity contribution in [2.45, 2.75) is 27.7 Å². The lowest BCUT2D eigenvalue weighted by atomic mass is 9.94. The number of nitrogens with zero attached hydrogens (tertiary/aromatic N) is 4. The van der Waals surface area contributed by atoms with Crippen molar-refractivity contribution < 1.29 is 4.57 Å². The third-order valence-electron chi connectivity index (χ3n) is 11.4. The van der Waals surface area contributed by atoms with E-state index >= 15 is 4.57 Å². The first kappa shape index (κ1) is 31.1. The van der Waals surface area contributed by atoms with Gasteiger partial charge in [0.1, 0.15) is 7.80 Å². The summed E-state index contributed by atoms with van der Waals surface area (Å²) in [4.78, 5) is 28.0. The molecule has 0 saturated heterocycles. The van der Waals surface area contributed by atoms with E-state index in [1.54, 1.807) is 0 Å². The summed E-state index contributed by atoms with van der Waals surface area (Å²) in [6.07, 6.45) is 0. The van der Waals surface area contributed by atoms with Gasteiger partial charge in [0.05, 0.1) is 66.2 Å². The summed E-state index contributed by atoms with van der Waals surface area (Å²) in [5.74, 6) is 0. The molecule has 0 aliphatic rings. The van der Waals surface area contributed by atoms with E-state index in [1.165, 1.54) is 0 Å². The molecule has 2 N–H and O–H groups in total. The van der Waals surface area contributed by atoms with Crippen LogP contribution in [0.2, 0.25) is 0 Å². The van der Waals surface area contributed by atoms with E-state index in [-0.39, 0.29) is 0 Å². The minimum Gasteiger partial charge on any atom is -0.352 e. The fourth-order valence-electron chi connectivity index (χ4n) is 8.52. The van der Waals surface area contributed by atoms with Crippen LogP contribution in [0.5, 0.6) is 0 Å². The smallest absolute Gasteiger partial charge is 0.134 e. The monoisotopic (exact) mass is 716 g/mol. The van der Waals surface area contributed by atoms with E-state index in [0.29, 0.717) is 0 Å². The number of aromatic nitrogens is 6. The van der Waals surface area contributed by atoms with Crippen molar-refractivity contribution in [2.24, 2.45) is 0 Å². The van der Waals surface area contributed by atoms with Crippen molar-refractivity contribution >= 4 is 106 Å². The Hall–Kier alpha value is -6.43. The lowest BCUT2D eigenvalue weighted by Gasteiger charge is -2.19. The number of aromatic amines is 2. The van der Waals surface area contributed by atoms with E-state index in [9.17, 15) is 0 Å². The molecule has 7 aromatic carbocycles. The summed E-state index contributed by atoms with van der Waals surface area (Å²) in [5.41, 5.74) is 16.8. The van der Waals surface area contributed by atoms with E-state index in [0.717, 1.165) is 132 Å². The Morgan fingerprint density at radius 3 is 1.63 bits per heavy atom. The first-order valence-electron chi connectivity index (χ1n) is 18.2. The molecule has 11 aromatic rings. The molecule has 4 aromatic heterocycles. The third kappa shape index (κ3) is 4.33. The molecule has 0 fully saturated rings. The van der Waals surface area contributed by atoms with Crippen molar-refractivity contribution in [1.29, 1.82) is 0 Å². The van der Waals surface area contributed by atoms with E-state index in [4.69, 9.17) is 19.9 Å². The van der Waals surface area contributed by atoms with Crippen LogP contribution in [-0.4, -0.2) is 29.9 Å². The van der Waals surface area contributed by atoms with Crippen LogP contribution in [0.25, 0.3) is 98.9 Å². The zero-order valence-corrected chi connectivity index (χ0v) is 31.1. The van der Waals surface area contributed by atoms with Gasteiger partial charge in [-0.05, 0) is 104 Å². The molecule has 1 unspecified atom stereocenters. The maximum Gasteiger partial charge on any atom is 0.134 e. The number of nitrogens with one attached hydrogen (secondary N) is 2. The molecular weight excluding hydrogens is 684 g/mol. The number of H-pyrrole nitrogens is 2. The Morgan fingerprint density at radius 2 is 1.00 bits per heavy atom. The normalized spacial score (nSPS) is 12.8. The third-order valence-corrected chi connectivity index (χ3v) is 13.4. The Kier molecular flexibility index (Phi) is 6.51. The van der Waals surface area contributed by atoms with Crippen LogP contribution < -0.4 is 10.6 Å². The van der Waals surface area contributed by atoms with Crippen molar-refractivity contribution in [2.75, 3.05) is 0 Å². The van der Waals surface area contributed by atoms with Crippen LogP contribution >= 0.6 is 7.80 Å². The molecule has 8 heteroatoms. The van der Waals surface area contributed by atoms with Gasteiger partial charge >= 0.3 is 0 Å². The highest BCUT2D eigenvalue weighted by atomic mass is 31.1. The standard InChI is InChI=1S/C46H33N6OP/c1-23-21-36-44(51-42-34(49-36)19-17-32-40(42)27-11-5-8-14-30(27)47-32)39(25(23)3)29-13-7-10-16-38(29)54(53)46-26(4)24(2)22-37-45(46)52-43-35(50-37)20-18-33-41(43)28-12-6-9-15-31(28)48-33/h5-22,49-50,54H,1-4H3. The number of aryl methyl sites for hydroxylation is 2. The maximum absolute atomic E-state index is 15.5. The average molecular weight is 717 g/mol. The predicted molar refractivity (Wildman–Crippen MR) is 225 cm³/mol. The Bertz CT molecular complexity index is 3470. The van der Waals surface area contributed by atoms with Crippen LogP contribution in [-0.2, 0) is 4.57 Å². The summed E-state index contributed by atoms with van der Waals surface area (Å²) in [6, 6.07) is 37.1. The van der Waals surface area contributed by atoms with Crippen LogP contribution in [0, 0.1) is 27.7 Å². The quantitative estimate of drug-likeness (QED) is 0.140. The Labute approximate surface area is 309 Å². The first-order chi connectivity index (χ1) is 26.3. The second kappa shape index (κ2) is 11.3. The molecular formula is C46H33N6OP. The second-order valence-electron chi connectivity index (χ2n) is 14.5. The molecule has 258 valence electrons. The molecule has 0 saturated carbocycles. The topological polar surface area (TPSA) is 100 Å². The van der Waals surface area contributed by atoms with Gasteiger partial charge in [-0.25, -0.2) is 19.9 Å². The van der Waals surface area contributed by atoms with Gasteiger partial charge in [-0.2, -0.15) is 0 Å². The van der Waals surface area contributed by atoms with Crippen LogP contribution in [0.4, 0.5) is 0 Å². The molecule has 0 radical (unpaired) electrons. The molecule has 0 spiro atoms. The predicted octanol–water partition coefficient (Wildman–Crippen LogP) is 10.6. The molecule has 0 aliphatic heterocycles. The molecule has 4 heterocycles. The van der Waals surface area contributed by atoms with E-state index in [1.807, 2.05) is 66.7 Å². The van der Waals surface area contributed by atoms with Gasteiger partial charge in [-0.15, -0.1) is 0 Å². The zero-order chi connectivity index (χ0) is 36.4. The number of para-hydroxylation sites is 2. The van der Waals surface area contributed by atoms with E-state index in [2.05, 4.69) is 80.1 Å². The summed E-state index contributed by atoms with van der Waals surface area (Å²) < 4.78 is 15.5. The molecule has 7 nitrogen and oxygen atoms in total. The van der Waals surface area contributed by atoms with Gasteiger partial charge in [0.15, 0.2) is 0 Å². The molecule has 11 rings (SSSR count). The van der Waals surface area contributed by atoms with Gasteiger partial charge < -0.3 is 14.5 Å². The molecule has 54 heavy (non-hydrogen) atoms. The fraction of sp³-hybridized carbons (Fsp3) is 0.0870. The van der Waals surface area contributed by atoms with Crippen LogP contribution in [0.3, 0.4) is 0 Å². The van der Waals surface area contributed by atoms with Crippen LogP contribution in [0.15, 0.2) is 109 Å². The van der Waals surface area contributed by atoms with Crippen LogP contribution in [0.1, 0.15) is 22.3 Å². The summed E-state index contributed by atoms with van der Waals surface area (Å²) in [5, 5.41) is 5.74. The zero-order valence-electron chi connectivity index (χ0n) is 30.1. The SMILES string of the molecule is Cc1cc2[nH]c3ccc4nc5ccccc5c4c3nc2c(-c2ccccc2[PH](=O)c2c(C)c(C)cc3[nH]c4ccc5nc6ccccc6c5c4nc23)c1C. The first-order valence-corrected chi connectivity index (χ1v) is 19.6. The highest BCUT2D eigenvalue weighted by Gasteiger charge is 2.24. The van der Waals surface area contributed by atoms with Crippen molar-refractivity contribution in [3.8, 4) is 11.1 Å². The van der Waals surface area contributed by atoms with Gasteiger partial charge in [-0.3, -0.25) is 0 Å². The van der Waals surface area contributed by atoms with Crippen molar-refractivity contribution in [1.82, 2.24) is 29.9 Å². The fourth-order valence-corrected chi connectivity index (χ4v) is 10.4. The minimum absolute atomic E-state index is 0.725. The van der Waals surface area contributed by atoms with E-state index < -0.39 is 7.80 Å². The second-order valence-corrected chi connectivity index (χ2v) is 16.2. The number of hydrogen-bond acceptors (Lipinski definition) is 5.